The number of piperidine rings is 1. The highest BCUT2D eigenvalue weighted by atomic mass is 32.2. The van der Waals surface area contributed by atoms with Crippen molar-refractivity contribution in [3.05, 3.63) is 89.0 Å². The predicted octanol–water partition coefficient (Wildman–Crippen LogP) is 8.17. The number of sulfonamides is 1. The van der Waals surface area contributed by atoms with Crippen LogP contribution in [0.25, 0.3) is 11.1 Å². The van der Waals surface area contributed by atoms with Crippen LogP contribution in [0.5, 0.6) is 0 Å². The van der Waals surface area contributed by atoms with Crippen LogP contribution in [0.15, 0.2) is 71.6 Å². The lowest BCUT2D eigenvalue weighted by Gasteiger charge is -2.33. The van der Waals surface area contributed by atoms with E-state index < -0.39 is 45.4 Å². The average molecular weight is 628 g/mol. The molecule has 0 aromatic heterocycles. The summed E-state index contributed by atoms with van der Waals surface area (Å²) in [4.78, 5) is 12.0. The van der Waals surface area contributed by atoms with Crippen LogP contribution in [0.3, 0.4) is 0 Å². The van der Waals surface area contributed by atoms with Crippen molar-refractivity contribution in [1.29, 1.82) is 0 Å². The molecule has 2 unspecified atom stereocenters. The standard InChI is InChI=1S/C31H31F6NO4S/c1-19(2)14-28(29(39)40)24-16-22(20-5-7-25(8-6-20)30(32,33)34)15-23(17-24)21-4-3-13-38(18-21)43(41,42)27-11-9-26(10-12-27)31(35,36)37/h5-12,15-17,19,21,28H,3-4,13-14,18H2,1-2H3,(H,39,40). The Balaban J connectivity index is 1.72. The van der Waals surface area contributed by atoms with Gasteiger partial charge in [-0.15, -0.1) is 0 Å². The zero-order valence-corrected chi connectivity index (χ0v) is 24.2. The summed E-state index contributed by atoms with van der Waals surface area (Å²) in [5, 5.41) is 10.0. The molecule has 5 nitrogen and oxygen atoms in total. The van der Waals surface area contributed by atoms with Gasteiger partial charge in [-0.05, 0) is 89.8 Å². The molecule has 2 atom stereocenters. The van der Waals surface area contributed by atoms with Crippen molar-refractivity contribution < 1.29 is 44.7 Å². The summed E-state index contributed by atoms with van der Waals surface area (Å²) >= 11 is 0. The number of aliphatic carboxylic acids is 1. The second-order valence-corrected chi connectivity index (χ2v) is 13.1. The Morgan fingerprint density at radius 3 is 1.95 bits per heavy atom. The number of benzene rings is 3. The first-order chi connectivity index (χ1) is 20.0. The van der Waals surface area contributed by atoms with E-state index in [1.54, 1.807) is 18.2 Å². The van der Waals surface area contributed by atoms with E-state index in [1.807, 2.05) is 13.8 Å². The van der Waals surface area contributed by atoms with E-state index in [1.165, 1.54) is 16.4 Å². The molecule has 4 rings (SSSR count). The molecule has 0 radical (unpaired) electrons. The molecular formula is C31H31F6NO4S. The molecule has 1 fully saturated rings. The summed E-state index contributed by atoms with van der Waals surface area (Å²) in [6.45, 7) is 3.90. The highest BCUT2D eigenvalue weighted by molar-refractivity contribution is 7.89. The molecule has 0 saturated carbocycles. The number of carboxylic acid groups (broad SMARTS) is 1. The second-order valence-electron chi connectivity index (χ2n) is 11.2. The quantitative estimate of drug-likeness (QED) is 0.256. The molecule has 43 heavy (non-hydrogen) atoms. The summed E-state index contributed by atoms with van der Waals surface area (Å²) in [5.41, 5.74) is 0.233. The van der Waals surface area contributed by atoms with Gasteiger partial charge in [0.05, 0.1) is 21.9 Å². The Hall–Kier alpha value is -3.38. The minimum Gasteiger partial charge on any atom is -0.481 e. The van der Waals surface area contributed by atoms with Crippen molar-refractivity contribution in [2.24, 2.45) is 5.92 Å². The SMILES string of the molecule is CC(C)CC(C(=O)O)c1cc(-c2ccc(C(F)(F)F)cc2)cc(C2CCCN(S(=O)(=O)c3ccc(C(F)(F)F)cc3)C2)c1. The van der Waals surface area contributed by atoms with E-state index in [2.05, 4.69) is 0 Å². The molecule has 3 aromatic rings. The van der Waals surface area contributed by atoms with Gasteiger partial charge in [0.15, 0.2) is 0 Å². The van der Waals surface area contributed by atoms with E-state index in [9.17, 15) is 44.7 Å². The van der Waals surface area contributed by atoms with Crippen molar-refractivity contribution in [3.8, 4) is 11.1 Å². The van der Waals surface area contributed by atoms with Crippen molar-refractivity contribution in [2.75, 3.05) is 13.1 Å². The Morgan fingerprint density at radius 1 is 0.884 bits per heavy atom. The minimum atomic E-state index is -4.61. The lowest BCUT2D eigenvalue weighted by atomic mass is 9.83. The zero-order chi connectivity index (χ0) is 31.7. The van der Waals surface area contributed by atoms with Gasteiger partial charge in [0.2, 0.25) is 10.0 Å². The highest BCUT2D eigenvalue weighted by Crippen LogP contribution is 2.38. The van der Waals surface area contributed by atoms with Crippen molar-refractivity contribution in [1.82, 2.24) is 4.31 Å². The molecule has 0 aliphatic carbocycles. The molecule has 232 valence electrons. The van der Waals surface area contributed by atoms with E-state index in [-0.39, 0.29) is 29.8 Å². The van der Waals surface area contributed by atoms with E-state index in [0.29, 0.717) is 41.5 Å². The van der Waals surface area contributed by atoms with Gasteiger partial charge < -0.3 is 5.11 Å². The lowest BCUT2D eigenvalue weighted by molar-refractivity contribution is -0.139. The third-order valence-corrected chi connectivity index (χ3v) is 9.49. The Morgan fingerprint density at radius 2 is 1.44 bits per heavy atom. The molecule has 1 saturated heterocycles. The number of halogens is 6. The monoisotopic (exact) mass is 627 g/mol. The molecule has 3 aromatic carbocycles. The smallest absolute Gasteiger partial charge is 0.416 e. The van der Waals surface area contributed by atoms with E-state index >= 15 is 0 Å². The third-order valence-electron chi connectivity index (χ3n) is 7.61. The zero-order valence-electron chi connectivity index (χ0n) is 23.4. The predicted molar refractivity (Wildman–Crippen MR) is 149 cm³/mol. The van der Waals surface area contributed by atoms with E-state index in [0.717, 1.165) is 36.4 Å². The first-order valence-electron chi connectivity index (χ1n) is 13.7. The Kier molecular flexibility index (Phi) is 9.32. The number of alkyl halides is 6. The number of nitrogens with zero attached hydrogens (tertiary/aromatic N) is 1. The molecule has 1 aliphatic rings. The average Bonchev–Trinajstić information content (AvgIpc) is 2.94. The van der Waals surface area contributed by atoms with Gasteiger partial charge >= 0.3 is 18.3 Å². The fourth-order valence-electron chi connectivity index (χ4n) is 5.38. The van der Waals surface area contributed by atoms with Crippen LogP contribution in [0.1, 0.15) is 67.2 Å². The largest absolute Gasteiger partial charge is 0.481 e. The van der Waals surface area contributed by atoms with Crippen LogP contribution >= 0.6 is 0 Å². The van der Waals surface area contributed by atoms with Gasteiger partial charge in [-0.2, -0.15) is 30.6 Å². The van der Waals surface area contributed by atoms with E-state index in [4.69, 9.17) is 0 Å². The number of rotatable bonds is 8. The molecule has 0 spiro atoms. The van der Waals surface area contributed by atoms with Crippen LogP contribution in [0.4, 0.5) is 26.3 Å². The highest BCUT2D eigenvalue weighted by Gasteiger charge is 2.34. The molecule has 1 aliphatic heterocycles. The first kappa shape index (κ1) is 32.5. The maximum absolute atomic E-state index is 13.4. The van der Waals surface area contributed by atoms with Gasteiger partial charge in [-0.1, -0.05) is 44.2 Å². The van der Waals surface area contributed by atoms with Gasteiger partial charge in [0.25, 0.3) is 0 Å². The van der Waals surface area contributed by atoms with Crippen LogP contribution < -0.4 is 0 Å². The van der Waals surface area contributed by atoms with Crippen LogP contribution in [0, 0.1) is 5.92 Å². The Bertz CT molecular complexity index is 1550. The van der Waals surface area contributed by atoms with Crippen molar-refractivity contribution in [3.63, 3.8) is 0 Å². The van der Waals surface area contributed by atoms with Gasteiger partial charge in [-0.3, -0.25) is 4.79 Å². The van der Waals surface area contributed by atoms with Crippen LogP contribution in [-0.4, -0.2) is 36.9 Å². The van der Waals surface area contributed by atoms with Crippen LogP contribution in [0.2, 0.25) is 0 Å². The summed E-state index contributed by atoms with van der Waals surface area (Å²) < 4.78 is 106. The molecule has 1 N–H and O–H groups in total. The third kappa shape index (κ3) is 7.59. The van der Waals surface area contributed by atoms with Gasteiger partial charge in [0, 0.05) is 13.1 Å². The Labute approximate surface area is 246 Å². The number of carbonyl (C=O) groups is 1. The second kappa shape index (κ2) is 12.3. The van der Waals surface area contributed by atoms with Crippen LogP contribution in [-0.2, 0) is 27.2 Å². The first-order valence-corrected chi connectivity index (χ1v) is 15.1. The van der Waals surface area contributed by atoms with Crippen molar-refractivity contribution in [2.45, 2.75) is 62.2 Å². The molecular weight excluding hydrogens is 596 g/mol. The molecule has 1 heterocycles. The number of carboxylic acids is 1. The van der Waals surface area contributed by atoms with Crippen molar-refractivity contribution >= 4 is 16.0 Å². The summed E-state index contributed by atoms with van der Waals surface area (Å²) in [6, 6.07) is 12.9. The molecule has 12 heteroatoms. The van der Waals surface area contributed by atoms with Gasteiger partial charge in [0.1, 0.15) is 0 Å². The normalized spacial score (nSPS) is 17.7. The molecule has 0 amide bonds. The lowest BCUT2D eigenvalue weighted by Crippen LogP contribution is -2.39. The maximum atomic E-state index is 13.4. The number of hydrogen-bond donors (Lipinski definition) is 1. The molecule has 0 bridgehead atoms. The number of hydrogen-bond acceptors (Lipinski definition) is 3. The fraction of sp³-hybridized carbons (Fsp3) is 0.387. The topological polar surface area (TPSA) is 74.7 Å². The summed E-state index contributed by atoms with van der Waals surface area (Å²) in [5.74, 6) is -2.32. The summed E-state index contributed by atoms with van der Waals surface area (Å²) in [6.07, 6.45) is -7.83. The summed E-state index contributed by atoms with van der Waals surface area (Å²) in [7, 11) is -4.14. The minimum absolute atomic E-state index is 0.00117. The fourth-order valence-corrected chi connectivity index (χ4v) is 6.90. The van der Waals surface area contributed by atoms with Gasteiger partial charge in [-0.25, -0.2) is 8.42 Å². The maximum Gasteiger partial charge on any atom is 0.416 e.